The lowest BCUT2D eigenvalue weighted by Crippen LogP contribution is -2.22. The molecule has 0 aliphatic heterocycles. The van der Waals surface area contributed by atoms with E-state index in [9.17, 15) is 0 Å². The van der Waals surface area contributed by atoms with Gasteiger partial charge in [0.1, 0.15) is 0 Å². The number of nitrogens with one attached hydrogen (secondary N) is 1. The molecule has 13 heavy (non-hydrogen) atoms. The topological polar surface area (TPSA) is 29.9 Å². The Morgan fingerprint density at radius 3 is 3.00 bits per heavy atom. The van der Waals surface area contributed by atoms with Gasteiger partial charge >= 0.3 is 0 Å². The minimum Gasteiger partial charge on any atom is -0.307 e. The van der Waals surface area contributed by atoms with E-state index in [1.807, 2.05) is 18.5 Å². The summed E-state index contributed by atoms with van der Waals surface area (Å²) in [6, 6.07) is 0.326. The van der Waals surface area contributed by atoms with Gasteiger partial charge in [0.2, 0.25) is 0 Å². The highest BCUT2D eigenvalue weighted by Gasteiger charge is 1.98. The Bertz CT molecular complexity index is 288. The average molecular weight is 177 g/mol. The highest BCUT2D eigenvalue weighted by Crippen LogP contribution is 1.97. The van der Waals surface area contributed by atoms with Gasteiger partial charge in [-0.15, -0.1) is 6.58 Å². The fourth-order valence-electron chi connectivity index (χ4n) is 0.931. The second-order valence-corrected chi connectivity index (χ2v) is 2.92. The van der Waals surface area contributed by atoms with Gasteiger partial charge in [-0.2, -0.15) is 5.10 Å². The van der Waals surface area contributed by atoms with Gasteiger partial charge in [0.05, 0.1) is 6.20 Å². The van der Waals surface area contributed by atoms with Gasteiger partial charge in [0, 0.05) is 30.5 Å². The molecule has 0 saturated heterocycles. The maximum Gasteiger partial charge on any atom is 0.0538 e. The van der Waals surface area contributed by atoms with Gasteiger partial charge in [0.25, 0.3) is 0 Å². The Morgan fingerprint density at radius 1 is 1.69 bits per heavy atom. The zero-order chi connectivity index (χ0) is 9.68. The van der Waals surface area contributed by atoms with Crippen LogP contribution in [0.2, 0.25) is 0 Å². The van der Waals surface area contributed by atoms with E-state index in [-0.39, 0.29) is 0 Å². The van der Waals surface area contributed by atoms with E-state index < -0.39 is 0 Å². The first-order chi connectivity index (χ1) is 6.26. The number of hydrogen-bond donors (Lipinski definition) is 1. The molecule has 3 heteroatoms. The molecule has 0 aliphatic rings. The van der Waals surface area contributed by atoms with Crippen LogP contribution < -0.4 is 5.32 Å². The summed E-state index contributed by atoms with van der Waals surface area (Å²) in [4.78, 5) is 0. The first-order valence-corrected chi connectivity index (χ1v) is 4.27. The molecule has 1 rings (SSSR count). The minimum atomic E-state index is 0.326. The summed E-state index contributed by atoms with van der Waals surface area (Å²) in [7, 11) is 0. The van der Waals surface area contributed by atoms with Crippen molar-refractivity contribution in [2.45, 2.75) is 19.5 Å². The van der Waals surface area contributed by atoms with Gasteiger partial charge in [-0.1, -0.05) is 12.7 Å². The molecule has 0 aliphatic carbocycles. The van der Waals surface area contributed by atoms with Crippen molar-refractivity contribution in [3.05, 3.63) is 37.2 Å². The van der Waals surface area contributed by atoms with Crippen LogP contribution in [0.5, 0.6) is 0 Å². The zero-order valence-corrected chi connectivity index (χ0v) is 7.90. The van der Waals surface area contributed by atoms with E-state index >= 15 is 0 Å². The highest BCUT2D eigenvalue weighted by atomic mass is 15.2. The van der Waals surface area contributed by atoms with Gasteiger partial charge in [-0.25, -0.2) is 4.68 Å². The molecule has 0 saturated carbocycles. The molecular formula is C10H15N3. The minimum absolute atomic E-state index is 0.326. The third kappa shape index (κ3) is 2.87. The molecule has 1 heterocycles. The molecule has 0 aromatic carbocycles. The Labute approximate surface area is 78.8 Å². The van der Waals surface area contributed by atoms with Crippen LogP contribution in [0.25, 0.3) is 6.20 Å². The lowest BCUT2D eigenvalue weighted by Gasteiger charge is -2.06. The Hall–Kier alpha value is -1.35. The summed E-state index contributed by atoms with van der Waals surface area (Å²) in [5, 5.41) is 7.35. The highest BCUT2D eigenvalue weighted by molar-refractivity contribution is 5.17. The first kappa shape index (κ1) is 9.74. The maximum absolute atomic E-state index is 4.07. The van der Waals surface area contributed by atoms with Crippen LogP contribution in [-0.4, -0.2) is 15.8 Å². The third-order valence-electron chi connectivity index (χ3n) is 1.82. The van der Waals surface area contributed by atoms with Crippen LogP contribution in [0.4, 0.5) is 0 Å². The summed E-state index contributed by atoms with van der Waals surface area (Å²) in [6.07, 6.45) is 7.30. The van der Waals surface area contributed by atoms with Crippen LogP contribution in [0.1, 0.15) is 12.5 Å². The lowest BCUT2D eigenvalue weighted by atomic mass is 10.3. The second kappa shape index (κ2) is 4.62. The van der Waals surface area contributed by atoms with Gasteiger partial charge in [-0.05, 0) is 6.92 Å². The average Bonchev–Trinajstić information content (AvgIpc) is 2.61. The van der Waals surface area contributed by atoms with Crippen LogP contribution in [0, 0.1) is 0 Å². The van der Waals surface area contributed by atoms with Crippen molar-refractivity contribution in [2.75, 3.05) is 0 Å². The summed E-state index contributed by atoms with van der Waals surface area (Å²) in [6.45, 7) is 10.2. The monoisotopic (exact) mass is 177 g/mol. The van der Waals surface area contributed by atoms with Crippen LogP contribution >= 0.6 is 0 Å². The number of nitrogens with zero attached hydrogens (tertiary/aromatic N) is 2. The van der Waals surface area contributed by atoms with Crippen molar-refractivity contribution in [2.24, 2.45) is 0 Å². The molecule has 0 fully saturated rings. The van der Waals surface area contributed by atoms with Crippen molar-refractivity contribution >= 4 is 6.20 Å². The summed E-state index contributed by atoms with van der Waals surface area (Å²) in [5.41, 5.74) is 1.15. The van der Waals surface area contributed by atoms with Gasteiger partial charge < -0.3 is 5.32 Å². The summed E-state index contributed by atoms with van der Waals surface area (Å²) >= 11 is 0. The molecule has 70 valence electrons. The van der Waals surface area contributed by atoms with Crippen molar-refractivity contribution in [3.63, 3.8) is 0 Å². The molecule has 0 bridgehead atoms. The lowest BCUT2D eigenvalue weighted by molar-refractivity contribution is 0.634. The quantitative estimate of drug-likeness (QED) is 0.693. The third-order valence-corrected chi connectivity index (χ3v) is 1.82. The molecule has 1 unspecified atom stereocenters. The maximum atomic E-state index is 4.07. The van der Waals surface area contributed by atoms with Gasteiger partial charge in [0.15, 0.2) is 0 Å². The van der Waals surface area contributed by atoms with Crippen LogP contribution in [0.3, 0.4) is 0 Å². The summed E-state index contributed by atoms with van der Waals surface area (Å²) < 4.78 is 1.69. The molecule has 0 radical (unpaired) electrons. The smallest absolute Gasteiger partial charge is 0.0538 e. The van der Waals surface area contributed by atoms with E-state index in [4.69, 9.17) is 0 Å². The Morgan fingerprint density at radius 2 is 2.46 bits per heavy atom. The van der Waals surface area contributed by atoms with Gasteiger partial charge in [-0.3, -0.25) is 0 Å². The SMILES string of the molecule is C=CC(C)NCc1cnn(C=C)c1. The van der Waals surface area contributed by atoms with E-state index in [0.717, 1.165) is 12.1 Å². The Kier molecular flexibility index (Phi) is 3.46. The molecule has 1 aromatic rings. The van der Waals surface area contributed by atoms with E-state index in [1.54, 1.807) is 10.9 Å². The number of aromatic nitrogens is 2. The fourth-order valence-corrected chi connectivity index (χ4v) is 0.931. The Balaban J connectivity index is 2.45. The first-order valence-electron chi connectivity index (χ1n) is 4.27. The van der Waals surface area contributed by atoms with Crippen molar-refractivity contribution in [3.8, 4) is 0 Å². The van der Waals surface area contributed by atoms with Crippen LogP contribution in [0.15, 0.2) is 31.6 Å². The normalized spacial score (nSPS) is 12.4. The predicted octanol–water partition coefficient (Wildman–Crippen LogP) is 1.65. The fraction of sp³-hybridized carbons (Fsp3) is 0.300. The standard InChI is InChI=1S/C10H15N3/c1-4-9(3)11-6-10-7-12-13(5-2)8-10/h4-5,7-9,11H,1-2,6H2,3H3. The number of rotatable bonds is 5. The largest absolute Gasteiger partial charge is 0.307 e. The molecule has 1 aromatic heterocycles. The second-order valence-electron chi connectivity index (χ2n) is 2.92. The molecular weight excluding hydrogens is 162 g/mol. The molecule has 1 atom stereocenters. The predicted molar refractivity (Wildman–Crippen MR) is 55.1 cm³/mol. The molecule has 1 N–H and O–H groups in total. The van der Waals surface area contributed by atoms with E-state index in [2.05, 4.69) is 30.5 Å². The van der Waals surface area contributed by atoms with E-state index in [1.165, 1.54) is 0 Å². The van der Waals surface area contributed by atoms with Crippen LogP contribution in [-0.2, 0) is 6.54 Å². The zero-order valence-electron chi connectivity index (χ0n) is 7.90. The number of hydrogen-bond acceptors (Lipinski definition) is 2. The molecule has 3 nitrogen and oxygen atoms in total. The molecule has 0 amide bonds. The molecule has 0 spiro atoms. The van der Waals surface area contributed by atoms with Crippen molar-refractivity contribution in [1.29, 1.82) is 0 Å². The van der Waals surface area contributed by atoms with E-state index in [0.29, 0.717) is 6.04 Å². The van der Waals surface area contributed by atoms with Crippen molar-refractivity contribution < 1.29 is 0 Å². The summed E-state index contributed by atoms with van der Waals surface area (Å²) in [5.74, 6) is 0. The van der Waals surface area contributed by atoms with Crippen molar-refractivity contribution in [1.82, 2.24) is 15.1 Å².